The number of rotatable bonds is 6. The standard InChI is InChI=1S/C17H18BrN3O4/c1-10-4-3-5-11(2)16(10)21-15(23)9-19-14(22)8-20-17(24)12-6-7-13(18)25-12/h3-7H,8-9H2,1-2H3,(H,19,22)(H,20,24)(H,21,23). The fourth-order valence-electron chi connectivity index (χ4n) is 2.12. The summed E-state index contributed by atoms with van der Waals surface area (Å²) in [6.45, 7) is 3.34. The number of hydrogen-bond donors (Lipinski definition) is 3. The third-order valence-corrected chi connectivity index (χ3v) is 3.82. The van der Waals surface area contributed by atoms with Crippen molar-refractivity contribution in [1.82, 2.24) is 10.6 Å². The van der Waals surface area contributed by atoms with E-state index in [9.17, 15) is 14.4 Å². The molecule has 0 radical (unpaired) electrons. The molecule has 3 amide bonds. The second-order valence-corrected chi connectivity index (χ2v) is 6.16. The zero-order chi connectivity index (χ0) is 18.4. The molecular weight excluding hydrogens is 390 g/mol. The number of aryl methyl sites for hydroxylation is 2. The van der Waals surface area contributed by atoms with E-state index in [0.29, 0.717) is 4.67 Å². The van der Waals surface area contributed by atoms with E-state index in [-0.39, 0.29) is 24.8 Å². The first kappa shape index (κ1) is 18.7. The molecule has 0 aliphatic heterocycles. The van der Waals surface area contributed by atoms with Crippen molar-refractivity contribution in [2.75, 3.05) is 18.4 Å². The Bertz CT molecular complexity index is 781. The van der Waals surface area contributed by atoms with Gasteiger partial charge < -0.3 is 20.4 Å². The Kier molecular flexibility index (Phi) is 6.35. The highest BCUT2D eigenvalue weighted by Gasteiger charge is 2.13. The van der Waals surface area contributed by atoms with Crippen molar-refractivity contribution < 1.29 is 18.8 Å². The monoisotopic (exact) mass is 407 g/mol. The Hall–Kier alpha value is -2.61. The zero-order valence-corrected chi connectivity index (χ0v) is 15.4. The molecule has 0 saturated heterocycles. The van der Waals surface area contributed by atoms with Crippen LogP contribution >= 0.6 is 15.9 Å². The van der Waals surface area contributed by atoms with Crippen LogP contribution in [-0.4, -0.2) is 30.8 Å². The van der Waals surface area contributed by atoms with E-state index >= 15 is 0 Å². The van der Waals surface area contributed by atoms with Gasteiger partial charge in [-0.2, -0.15) is 0 Å². The van der Waals surface area contributed by atoms with Gasteiger partial charge in [0, 0.05) is 5.69 Å². The predicted octanol–water partition coefficient (Wildman–Crippen LogP) is 2.14. The molecule has 0 spiro atoms. The minimum Gasteiger partial charge on any atom is -0.444 e. The summed E-state index contributed by atoms with van der Waals surface area (Å²) in [5.74, 6) is -1.24. The first-order chi connectivity index (χ1) is 11.9. The second kappa shape index (κ2) is 8.48. The molecule has 1 heterocycles. The summed E-state index contributed by atoms with van der Waals surface area (Å²) in [5, 5.41) is 7.62. The van der Waals surface area contributed by atoms with Crippen molar-refractivity contribution in [2.24, 2.45) is 0 Å². The van der Waals surface area contributed by atoms with Gasteiger partial charge in [0.15, 0.2) is 10.4 Å². The first-order valence-corrected chi connectivity index (χ1v) is 8.32. The average Bonchev–Trinajstić information content (AvgIpc) is 3.01. The maximum Gasteiger partial charge on any atom is 0.287 e. The topological polar surface area (TPSA) is 100 Å². The molecular formula is C17H18BrN3O4. The largest absolute Gasteiger partial charge is 0.444 e. The van der Waals surface area contributed by atoms with Gasteiger partial charge in [-0.15, -0.1) is 0 Å². The van der Waals surface area contributed by atoms with E-state index < -0.39 is 11.8 Å². The van der Waals surface area contributed by atoms with Crippen molar-refractivity contribution in [1.29, 1.82) is 0 Å². The summed E-state index contributed by atoms with van der Waals surface area (Å²) < 4.78 is 5.49. The van der Waals surface area contributed by atoms with Crippen LogP contribution in [0.25, 0.3) is 0 Å². The summed E-state index contributed by atoms with van der Waals surface area (Å²) in [7, 11) is 0. The lowest BCUT2D eigenvalue weighted by Crippen LogP contribution is -2.40. The highest BCUT2D eigenvalue weighted by Crippen LogP contribution is 2.19. The molecule has 0 fully saturated rings. The normalized spacial score (nSPS) is 10.2. The maximum absolute atomic E-state index is 12.0. The summed E-state index contributed by atoms with van der Waals surface area (Å²) in [6, 6.07) is 8.75. The van der Waals surface area contributed by atoms with Gasteiger partial charge in [-0.25, -0.2) is 0 Å². The molecule has 2 rings (SSSR count). The molecule has 25 heavy (non-hydrogen) atoms. The number of carbonyl (C=O) groups excluding carboxylic acids is 3. The van der Waals surface area contributed by atoms with E-state index in [0.717, 1.165) is 16.8 Å². The molecule has 0 bridgehead atoms. The number of hydrogen-bond acceptors (Lipinski definition) is 4. The molecule has 7 nitrogen and oxygen atoms in total. The van der Waals surface area contributed by atoms with E-state index in [4.69, 9.17) is 4.42 Å². The minimum atomic E-state index is -0.513. The lowest BCUT2D eigenvalue weighted by Gasteiger charge is -2.12. The van der Waals surface area contributed by atoms with E-state index in [1.165, 1.54) is 6.07 Å². The smallest absolute Gasteiger partial charge is 0.287 e. The van der Waals surface area contributed by atoms with Crippen LogP contribution in [0.2, 0.25) is 0 Å². The van der Waals surface area contributed by atoms with Crippen molar-refractivity contribution >= 4 is 39.3 Å². The Morgan fingerprint density at radius 1 is 0.960 bits per heavy atom. The van der Waals surface area contributed by atoms with E-state index in [1.807, 2.05) is 32.0 Å². The van der Waals surface area contributed by atoms with E-state index in [2.05, 4.69) is 31.9 Å². The molecule has 2 aromatic rings. The fraction of sp³-hybridized carbons (Fsp3) is 0.235. The van der Waals surface area contributed by atoms with Gasteiger partial charge in [0.2, 0.25) is 11.8 Å². The molecule has 1 aromatic carbocycles. The van der Waals surface area contributed by atoms with Gasteiger partial charge in [0.25, 0.3) is 5.91 Å². The van der Waals surface area contributed by atoms with Crippen LogP contribution in [0.15, 0.2) is 39.4 Å². The predicted molar refractivity (Wildman–Crippen MR) is 96.3 cm³/mol. The maximum atomic E-state index is 12.0. The van der Waals surface area contributed by atoms with E-state index in [1.54, 1.807) is 6.07 Å². The third kappa shape index (κ3) is 5.46. The van der Waals surface area contributed by atoms with Gasteiger partial charge in [-0.1, -0.05) is 18.2 Å². The second-order valence-electron chi connectivity index (χ2n) is 5.38. The first-order valence-electron chi connectivity index (χ1n) is 7.53. The van der Waals surface area contributed by atoms with Crippen LogP contribution < -0.4 is 16.0 Å². The van der Waals surface area contributed by atoms with Crippen molar-refractivity contribution in [3.05, 3.63) is 51.9 Å². The number of benzene rings is 1. The van der Waals surface area contributed by atoms with Crippen molar-refractivity contribution in [3.8, 4) is 0 Å². The van der Waals surface area contributed by atoms with Crippen LogP contribution in [0.1, 0.15) is 21.7 Å². The molecule has 0 saturated carbocycles. The average molecular weight is 408 g/mol. The Morgan fingerprint density at radius 3 is 2.20 bits per heavy atom. The number of anilines is 1. The lowest BCUT2D eigenvalue weighted by molar-refractivity contribution is -0.123. The van der Waals surface area contributed by atoms with Crippen LogP contribution in [-0.2, 0) is 9.59 Å². The number of amides is 3. The Morgan fingerprint density at radius 2 is 1.60 bits per heavy atom. The van der Waals surface area contributed by atoms with Crippen LogP contribution in [0.5, 0.6) is 0 Å². The highest BCUT2D eigenvalue weighted by atomic mass is 79.9. The third-order valence-electron chi connectivity index (χ3n) is 3.40. The lowest BCUT2D eigenvalue weighted by atomic mass is 10.1. The quantitative estimate of drug-likeness (QED) is 0.682. The van der Waals surface area contributed by atoms with Gasteiger partial charge in [0.05, 0.1) is 13.1 Å². The molecule has 132 valence electrons. The SMILES string of the molecule is Cc1cccc(C)c1NC(=O)CNC(=O)CNC(=O)c1ccc(Br)o1. The fourth-order valence-corrected chi connectivity index (χ4v) is 2.43. The number of carbonyl (C=O) groups is 3. The van der Waals surface area contributed by atoms with Gasteiger partial charge in [-0.05, 0) is 53.0 Å². The Labute approximate surface area is 153 Å². The molecule has 0 aliphatic carbocycles. The molecule has 0 aliphatic rings. The molecule has 8 heteroatoms. The number of halogens is 1. The van der Waals surface area contributed by atoms with Crippen LogP contribution in [0.3, 0.4) is 0 Å². The number of nitrogens with one attached hydrogen (secondary N) is 3. The number of furan rings is 1. The van der Waals surface area contributed by atoms with Gasteiger partial charge in [-0.3, -0.25) is 14.4 Å². The molecule has 0 unspecified atom stereocenters. The van der Waals surface area contributed by atoms with Crippen LogP contribution in [0, 0.1) is 13.8 Å². The Balaban J connectivity index is 1.76. The molecule has 3 N–H and O–H groups in total. The summed E-state index contributed by atoms with van der Waals surface area (Å²) >= 11 is 3.09. The summed E-state index contributed by atoms with van der Waals surface area (Å²) in [4.78, 5) is 35.4. The van der Waals surface area contributed by atoms with Crippen molar-refractivity contribution in [3.63, 3.8) is 0 Å². The summed E-state index contributed by atoms with van der Waals surface area (Å²) in [5.41, 5.74) is 2.62. The van der Waals surface area contributed by atoms with Gasteiger partial charge in [0.1, 0.15) is 0 Å². The van der Waals surface area contributed by atoms with Crippen molar-refractivity contribution in [2.45, 2.75) is 13.8 Å². The minimum absolute atomic E-state index is 0.0902. The zero-order valence-electron chi connectivity index (χ0n) is 13.8. The molecule has 1 aromatic heterocycles. The van der Waals surface area contributed by atoms with Crippen LogP contribution in [0.4, 0.5) is 5.69 Å². The van der Waals surface area contributed by atoms with Gasteiger partial charge >= 0.3 is 0 Å². The summed E-state index contributed by atoms with van der Waals surface area (Å²) in [6.07, 6.45) is 0. The molecule has 0 atom stereocenters. The number of para-hydroxylation sites is 1. The highest BCUT2D eigenvalue weighted by molar-refractivity contribution is 9.10.